The van der Waals surface area contributed by atoms with Crippen molar-refractivity contribution in [1.29, 1.82) is 0 Å². The van der Waals surface area contributed by atoms with Gasteiger partial charge in [-0.3, -0.25) is 9.59 Å². The zero-order valence-corrected chi connectivity index (χ0v) is 17.7. The first-order valence-corrected chi connectivity index (χ1v) is 10.1. The highest BCUT2D eigenvalue weighted by molar-refractivity contribution is 5.99. The molecule has 2 aromatic carbocycles. The zero-order chi connectivity index (χ0) is 21.5. The van der Waals surface area contributed by atoms with Crippen LogP contribution >= 0.6 is 0 Å². The number of benzene rings is 2. The van der Waals surface area contributed by atoms with Gasteiger partial charge in [0.25, 0.3) is 0 Å². The van der Waals surface area contributed by atoms with Gasteiger partial charge in [-0.15, -0.1) is 0 Å². The maximum Gasteiger partial charge on any atom is 0.226 e. The summed E-state index contributed by atoms with van der Waals surface area (Å²) in [6.07, 6.45) is 2.04. The number of Topliss-reactive ketones (excluding diaryl/α,β-unsaturated/α-hetero) is 2. The van der Waals surface area contributed by atoms with Crippen LogP contribution in [0.25, 0.3) is 11.5 Å². The summed E-state index contributed by atoms with van der Waals surface area (Å²) in [5.74, 6) is 1.58. The number of oxazole rings is 1. The molecule has 5 nitrogen and oxygen atoms in total. The molecule has 0 aliphatic rings. The van der Waals surface area contributed by atoms with Crippen LogP contribution in [-0.2, 0) is 22.4 Å². The lowest BCUT2D eigenvalue weighted by atomic mass is 10.0. The van der Waals surface area contributed by atoms with E-state index in [2.05, 4.69) is 36.2 Å². The van der Waals surface area contributed by atoms with E-state index in [0.717, 1.165) is 18.4 Å². The molecule has 3 rings (SSSR count). The molecule has 5 heteroatoms. The van der Waals surface area contributed by atoms with Crippen molar-refractivity contribution in [3.63, 3.8) is 0 Å². The number of aryl methyl sites for hydroxylation is 3. The summed E-state index contributed by atoms with van der Waals surface area (Å²) in [4.78, 5) is 29.0. The van der Waals surface area contributed by atoms with Gasteiger partial charge in [0.15, 0.2) is 0 Å². The molecule has 0 saturated heterocycles. The van der Waals surface area contributed by atoms with E-state index in [1.54, 1.807) is 14.0 Å². The molecule has 0 N–H and O–H groups in total. The van der Waals surface area contributed by atoms with Gasteiger partial charge in [0.2, 0.25) is 5.89 Å². The Kier molecular flexibility index (Phi) is 7.17. The number of hydrogen-bond acceptors (Lipinski definition) is 5. The summed E-state index contributed by atoms with van der Waals surface area (Å²) in [5, 5.41) is 0. The van der Waals surface area contributed by atoms with Crippen molar-refractivity contribution in [2.45, 2.75) is 46.0 Å². The van der Waals surface area contributed by atoms with Crippen LogP contribution in [0.4, 0.5) is 0 Å². The highest BCUT2D eigenvalue weighted by Crippen LogP contribution is 2.25. The number of methoxy groups -OCH3 is 1. The van der Waals surface area contributed by atoms with Crippen LogP contribution in [0.5, 0.6) is 5.75 Å². The van der Waals surface area contributed by atoms with Crippen molar-refractivity contribution in [3.05, 3.63) is 71.1 Å². The SMILES string of the molecule is COc1cccc(-c2nc(CC(=O)CC(=O)CCCc3ccc(C)cc3)c(C)o2)c1. The fourth-order valence-corrected chi connectivity index (χ4v) is 3.27. The molecule has 3 aromatic rings. The molecular formula is C25H27NO4. The number of hydrogen-bond donors (Lipinski definition) is 0. The first-order valence-electron chi connectivity index (χ1n) is 10.1. The van der Waals surface area contributed by atoms with Crippen molar-refractivity contribution >= 4 is 11.6 Å². The molecule has 0 aliphatic carbocycles. The second-order valence-corrected chi connectivity index (χ2v) is 7.52. The van der Waals surface area contributed by atoms with Gasteiger partial charge in [0, 0.05) is 12.0 Å². The van der Waals surface area contributed by atoms with E-state index in [1.807, 2.05) is 24.3 Å². The second-order valence-electron chi connectivity index (χ2n) is 7.52. The van der Waals surface area contributed by atoms with Gasteiger partial charge in [0.1, 0.15) is 23.1 Å². The molecule has 0 spiro atoms. The molecule has 30 heavy (non-hydrogen) atoms. The number of aromatic nitrogens is 1. The predicted molar refractivity (Wildman–Crippen MR) is 116 cm³/mol. The summed E-state index contributed by atoms with van der Waals surface area (Å²) >= 11 is 0. The summed E-state index contributed by atoms with van der Waals surface area (Å²) in [6, 6.07) is 15.7. The topological polar surface area (TPSA) is 69.4 Å². The molecule has 0 unspecified atom stereocenters. The van der Waals surface area contributed by atoms with E-state index in [9.17, 15) is 9.59 Å². The van der Waals surface area contributed by atoms with E-state index in [1.165, 1.54) is 11.1 Å². The number of carbonyl (C=O) groups excluding carboxylic acids is 2. The van der Waals surface area contributed by atoms with Crippen molar-refractivity contribution in [1.82, 2.24) is 4.98 Å². The van der Waals surface area contributed by atoms with Crippen molar-refractivity contribution in [2.24, 2.45) is 0 Å². The largest absolute Gasteiger partial charge is 0.497 e. The van der Waals surface area contributed by atoms with Gasteiger partial charge in [-0.1, -0.05) is 35.9 Å². The van der Waals surface area contributed by atoms with E-state index in [0.29, 0.717) is 29.5 Å². The van der Waals surface area contributed by atoms with Gasteiger partial charge >= 0.3 is 0 Å². The second kappa shape index (κ2) is 10.0. The molecule has 0 aliphatic heterocycles. The van der Waals surface area contributed by atoms with Gasteiger partial charge in [-0.25, -0.2) is 4.98 Å². The Hall–Kier alpha value is -3.21. The quantitative estimate of drug-likeness (QED) is 0.441. The monoisotopic (exact) mass is 405 g/mol. The molecular weight excluding hydrogens is 378 g/mol. The Morgan fingerprint density at radius 3 is 2.53 bits per heavy atom. The third kappa shape index (κ3) is 5.89. The molecule has 1 heterocycles. The zero-order valence-electron chi connectivity index (χ0n) is 17.7. The van der Waals surface area contributed by atoms with Crippen molar-refractivity contribution in [3.8, 4) is 17.2 Å². The van der Waals surface area contributed by atoms with Crippen LogP contribution in [0.15, 0.2) is 52.9 Å². The van der Waals surface area contributed by atoms with E-state index in [-0.39, 0.29) is 24.4 Å². The smallest absolute Gasteiger partial charge is 0.226 e. The maximum atomic E-state index is 12.4. The lowest BCUT2D eigenvalue weighted by molar-refractivity contribution is -0.126. The van der Waals surface area contributed by atoms with Crippen LogP contribution in [0.1, 0.15) is 41.8 Å². The Morgan fingerprint density at radius 1 is 1.03 bits per heavy atom. The Bertz CT molecular complexity index is 1020. The number of carbonyl (C=O) groups is 2. The molecule has 0 radical (unpaired) electrons. The Balaban J connectivity index is 1.51. The molecule has 0 amide bonds. The third-order valence-electron chi connectivity index (χ3n) is 5.01. The van der Waals surface area contributed by atoms with Crippen LogP contribution < -0.4 is 4.74 Å². The number of rotatable bonds is 10. The number of ether oxygens (including phenoxy) is 1. The summed E-state index contributed by atoms with van der Waals surface area (Å²) in [6.45, 7) is 3.83. The maximum absolute atomic E-state index is 12.4. The molecule has 0 atom stereocenters. The van der Waals surface area contributed by atoms with Gasteiger partial charge in [0.05, 0.1) is 25.6 Å². The van der Waals surface area contributed by atoms with E-state index < -0.39 is 0 Å². The predicted octanol–water partition coefficient (Wildman–Crippen LogP) is 5.06. The number of nitrogens with zero attached hydrogens (tertiary/aromatic N) is 1. The van der Waals surface area contributed by atoms with Crippen LogP contribution in [0.3, 0.4) is 0 Å². The fourth-order valence-electron chi connectivity index (χ4n) is 3.27. The van der Waals surface area contributed by atoms with E-state index in [4.69, 9.17) is 9.15 Å². The summed E-state index contributed by atoms with van der Waals surface area (Å²) in [7, 11) is 1.60. The average molecular weight is 405 g/mol. The van der Waals surface area contributed by atoms with Crippen LogP contribution in [-0.4, -0.2) is 23.7 Å². The molecule has 0 bridgehead atoms. The first kappa shape index (κ1) is 21.5. The highest BCUT2D eigenvalue weighted by Gasteiger charge is 2.17. The lowest BCUT2D eigenvalue weighted by Gasteiger charge is -2.02. The minimum Gasteiger partial charge on any atom is -0.497 e. The van der Waals surface area contributed by atoms with Crippen LogP contribution in [0.2, 0.25) is 0 Å². The highest BCUT2D eigenvalue weighted by atomic mass is 16.5. The normalized spacial score (nSPS) is 10.8. The molecule has 1 aromatic heterocycles. The summed E-state index contributed by atoms with van der Waals surface area (Å²) in [5.41, 5.74) is 3.79. The molecule has 0 saturated carbocycles. The minimum atomic E-state index is -0.135. The lowest BCUT2D eigenvalue weighted by Crippen LogP contribution is -2.11. The fraction of sp³-hybridized carbons (Fsp3) is 0.320. The van der Waals surface area contributed by atoms with Crippen LogP contribution in [0, 0.1) is 13.8 Å². The van der Waals surface area contributed by atoms with Crippen molar-refractivity contribution < 1.29 is 18.7 Å². The molecule has 0 fully saturated rings. The Morgan fingerprint density at radius 2 is 1.80 bits per heavy atom. The van der Waals surface area contributed by atoms with Gasteiger partial charge in [-0.05, 0) is 50.5 Å². The average Bonchev–Trinajstić information content (AvgIpc) is 3.09. The van der Waals surface area contributed by atoms with Gasteiger partial charge in [-0.2, -0.15) is 0 Å². The van der Waals surface area contributed by atoms with Crippen molar-refractivity contribution in [2.75, 3.05) is 7.11 Å². The first-order chi connectivity index (χ1) is 14.4. The Labute approximate surface area is 177 Å². The van der Waals surface area contributed by atoms with E-state index >= 15 is 0 Å². The minimum absolute atomic E-state index is 0.0266. The number of ketones is 2. The standard InChI is InChI=1S/C25H27NO4/c1-17-10-12-19(13-11-17)6-4-8-21(27)15-22(28)16-24-18(2)30-25(26-24)20-7-5-9-23(14-20)29-3/h5,7,9-14H,4,6,8,15-16H2,1-3H3. The summed E-state index contributed by atoms with van der Waals surface area (Å²) < 4.78 is 11.0. The van der Waals surface area contributed by atoms with Gasteiger partial charge < -0.3 is 9.15 Å². The third-order valence-corrected chi connectivity index (χ3v) is 5.01. The molecule has 156 valence electrons.